The van der Waals surface area contributed by atoms with Crippen LogP contribution in [0.3, 0.4) is 0 Å². The van der Waals surface area contributed by atoms with E-state index >= 15 is 0 Å². The van der Waals surface area contributed by atoms with Crippen LogP contribution in [0.2, 0.25) is 0 Å². The number of benzene rings is 1. The molecule has 1 fully saturated rings. The largest absolute Gasteiger partial charge is 0.508 e. The summed E-state index contributed by atoms with van der Waals surface area (Å²) < 4.78 is 0. The first kappa shape index (κ1) is 17.6. The van der Waals surface area contributed by atoms with Gasteiger partial charge in [0.2, 0.25) is 0 Å². The van der Waals surface area contributed by atoms with E-state index in [0.29, 0.717) is 11.7 Å². The van der Waals surface area contributed by atoms with Crippen LogP contribution in [0.1, 0.15) is 24.5 Å². The van der Waals surface area contributed by atoms with Crippen LogP contribution in [0.25, 0.3) is 33.2 Å². The molecule has 1 aliphatic heterocycles. The minimum absolute atomic E-state index is 0.223. The van der Waals surface area contributed by atoms with Crippen LogP contribution in [0.5, 0.6) is 5.75 Å². The Kier molecular flexibility index (Phi) is 4.37. The Balaban J connectivity index is 1.56. The Hall–Kier alpha value is -3.45. The lowest BCUT2D eigenvalue weighted by molar-refractivity contribution is 0.453. The van der Waals surface area contributed by atoms with Gasteiger partial charge in [0, 0.05) is 46.1 Å². The van der Waals surface area contributed by atoms with Crippen molar-refractivity contribution < 1.29 is 5.11 Å². The van der Waals surface area contributed by atoms with E-state index < -0.39 is 0 Å². The number of nitrogens with zero attached hydrogens (tertiary/aromatic N) is 3. The number of pyridine rings is 2. The lowest BCUT2D eigenvalue weighted by Gasteiger charge is -2.22. The predicted molar refractivity (Wildman–Crippen MR) is 113 cm³/mol. The molecule has 0 saturated carbocycles. The van der Waals surface area contributed by atoms with Crippen LogP contribution in [0.15, 0.2) is 48.9 Å². The number of H-pyrrole nitrogens is 1. The normalized spacial score (nSPS) is 15.0. The highest BCUT2D eigenvalue weighted by molar-refractivity contribution is 5.88. The predicted octanol–water partition coefficient (Wildman–Crippen LogP) is 3.44. The summed E-state index contributed by atoms with van der Waals surface area (Å²) in [4.78, 5) is 8.99. The van der Waals surface area contributed by atoms with E-state index in [1.54, 1.807) is 24.5 Å². The zero-order valence-electron chi connectivity index (χ0n) is 15.9. The first-order chi connectivity index (χ1) is 14.2. The van der Waals surface area contributed by atoms with Gasteiger partial charge in [-0.1, -0.05) is 6.07 Å². The molecule has 3 aromatic heterocycles. The molecule has 5 N–H and O–H groups in total. The molecule has 0 radical (unpaired) electrons. The number of aromatic hydroxyl groups is 1. The van der Waals surface area contributed by atoms with Crippen molar-refractivity contribution in [1.82, 2.24) is 25.5 Å². The van der Waals surface area contributed by atoms with Crippen molar-refractivity contribution in [3.8, 4) is 28.1 Å². The monoisotopic (exact) mass is 386 g/mol. The Morgan fingerprint density at radius 2 is 1.79 bits per heavy atom. The van der Waals surface area contributed by atoms with Crippen molar-refractivity contribution in [2.75, 3.05) is 18.8 Å². The maximum Gasteiger partial charge on any atom is 0.132 e. The van der Waals surface area contributed by atoms with Crippen molar-refractivity contribution >= 4 is 16.6 Å². The summed E-state index contributed by atoms with van der Waals surface area (Å²) in [5, 5.41) is 22.4. The summed E-state index contributed by atoms with van der Waals surface area (Å²) in [6.07, 6.45) is 7.58. The van der Waals surface area contributed by atoms with Crippen LogP contribution in [-0.2, 0) is 0 Å². The quantitative estimate of drug-likeness (QED) is 0.429. The van der Waals surface area contributed by atoms with Gasteiger partial charge < -0.3 is 16.2 Å². The second-order valence-corrected chi connectivity index (χ2v) is 7.48. The van der Waals surface area contributed by atoms with Gasteiger partial charge in [-0.3, -0.25) is 10.1 Å². The highest BCUT2D eigenvalue weighted by Crippen LogP contribution is 2.35. The summed E-state index contributed by atoms with van der Waals surface area (Å²) in [6.45, 7) is 2.04. The second kappa shape index (κ2) is 7.18. The first-order valence-electron chi connectivity index (χ1n) is 9.78. The number of hydrogen-bond donors (Lipinski definition) is 4. The minimum atomic E-state index is 0.223. The molecule has 4 aromatic rings. The molecule has 0 spiro atoms. The van der Waals surface area contributed by atoms with Gasteiger partial charge in [0.15, 0.2) is 0 Å². The number of hydrogen-bond acceptors (Lipinski definition) is 6. The van der Waals surface area contributed by atoms with Gasteiger partial charge in [-0.05, 0) is 55.6 Å². The number of anilines is 1. The third kappa shape index (κ3) is 3.30. The second-order valence-electron chi connectivity index (χ2n) is 7.48. The molecule has 0 atom stereocenters. The smallest absolute Gasteiger partial charge is 0.132 e. The molecule has 0 unspecified atom stereocenters. The first-order valence-corrected chi connectivity index (χ1v) is 9.78. The van der Waals surface area contributed by atoms with Crippen LogP contribution in [-0.4, -0.2) is 38.4 Å². The Morgan fingerprint density at radius 1 is 0.931 bits per heavy atom. The average Bonchev–Trinajstić information content (AvgIpc) is 3.24. The number of phenolic OH excluding ortho intramolecular Hbond substituents is 1. The number of rotatable bonds is 3. The van der Waals surface area contributed by atoms with E-state index in [9.17, 15) is 5.11 Å². The molecular weight excluding hydrogens is 364 g/mol. The van der Waals surface area contributed by atoms with E-state index in [4.69, 9.17) is 5.73 Å². The molecule has 0 amide bonds. The van der Waals surface area contributed by atoms with Crippen LogP contribution < -0.4 is 11.1 Å². The van der Waals surface area contributed by atoms with Gasteiger partial charge in [-0.25, -0.2) is 4.98 Å². The minimum Gasteiger partial charge on any atom is -0.508 e. The zero-order chi connectivity index (χ0) is 19.8. The van der Waals surface area contributed by atoms with Gasteiger partial charge in [0.25, 0.3) is 0 Å². The highest BCUT2D eigenvalue weighted by atomic mass is 16.3. The number of phenols is 1. The van der Waals surface area contributed by atoms with Crippen molar-refractivity contribution in [2.45, 2.75) is 18.8 Å². The molecule has 0 aliphatic carbocycles. The lowest BCUT2D eigenvalue weighted by Crippen LogP contribution is -2.27. The maximum absolute atomic E-state index is 9.67. The highest BCUT2D eigenvalue weighted by Gasteiger charge is 2.21. The summed E-state index contributed by atoms with van der Waals surface area (Å²) in [6, 6.07) is 9.23. The van der Waals surface area contributed by atoms with E-state index in [0.717, 1.165) is 64.8 Å². The molecule has 0 bridgehead atoms. The fraction of sp³-hybridized carbons (Fsp3) is 0.227. The van der Waals surface area contributed by atoms with Crippen LogP contribution in [0, 0.1) is 0 Å². The van der Waals surface area contributed by atoms with Gasteiger partial charge in [-0.2, -0.15) is 5.10 Å². The zero-order valence-corrected chi connectivity index (χ0v) is 15.9. The molecule has 1 aromatic carbocycles. The van der Waals surface area contributed by atoms with E-state index in [2.05, 4.69) is 25.5 Å². The number of piperidine rings is 1. The Labute approximate surface area is 168 Å². The van der Waals surface area contributed by atoms with Crippen molar-refractivity contribution in [2.24, 2.45) is 0 Å². The van der Waals surface area contributed by atoms with Crippen LogP contribution >= 0.6 is 0 Å². The fourth-order valence-corrected chi connectivity index (χ4v) is 4.05. The molecule has 4 heterocycles. The topological polar surface area (TPSA) is 113 Å². The number of aromatic amines is 1. The summed E-state index contributed by atoms with van der Waals surface area (Å²) >= 11 is 0. The van der Waals surface area contributed by atoms with Gasteiger partial charge in [-0.15, -0.1) is 0 Å². The third-order valence-corrected chi connectivity index (χ3v) is 5.63. The Morgan fingerprint density at radius 3 is 2.66 bits per heavy atom. The van der Waals surface area contributed by atoms with E-state index in [1.165, 1.54) is 0 Å². The van der Waals surface area contributed by atoms with Crippen LogP contribution in [0.4, 0.5) is 5.82 Å². The van der Waals surface area contributed by atoms with Crippen molar-refractivity contribution in [1.29, 1.82) is 0 Å². The molecule has 7 nitrogen and oxygen atoms in total. The molecule has 146 valence electrons. The number of nitrogens with two attached hydrogens (primary N) is 1. The summed E-state index contributed by atoms with van der Waals surface area (Å²) in [7, 11) is 0. The van der Waals surface area contributed by atoms with Crippen molar-refractivity contribution in [3.05, 3.63) is 54.6 Å². The lowest BCUT2D eigenvalue weighted by atomic mass is 9.90. The molecule has 29 heavy (non-hydrogen) atoms. The van der Waals surface area contributed by atoms with Gasteiger partial charge in [0.05, 0.1) is 11.9 Å². The summed E-state index contributed by atoms with van der Waals surface area (Å²) in [5.74, 6) is 1.12. The van der Waals surface area contributed by atoms with Gasteiger partial charge >= 0.3 is 0 Å². The van der Waals surface area contributed by atoms with E-state index in [-0.39, 0.29) is 5.75 Å². The molecule has 1 saturated heterocycles. The molecule has 7 heteroatoms. The molecule has 1 aliphatic rings. The average molecular weight is 386 g/mol. The van der Waals surface area contributed by atoms with Crippen molar-refractivity contribution in [3.63, 3.8) is 0 Å². The number of nitrogens with one attached hydrogen (secondary N) is 2. The maximum atomic E-state index is 9.67. The van der Waals surface area contributed by atoms with Gasteiger partial charge in [0.1, 0.15) is 11.6 Å². The van der Waals surface area contributed by atoms with E-state index in [1.807, 2.05) is 24.4 Å². The number of aromatic nitrogens is 4. The Bertz CT molecular complexity index is 1180. The third-order valence-electron chi connectivity index (χ3n) is 5.63. The SMILES string of the molecule is Nc1ncc(-c2cn[nH]c2C2CCNCC2)cc1-c1cc2ccc(O)cc2cn1. The number of fused-ring (bicyclic) bond motifs is 1. The fourth-order valence-electron chi connectivity index (χ4n) is 4.05. The molecular formula is C22H22N6O. The summed E-state index contributed by atoms with van der Waals surface area (Å²) in [5.41, 5.74) is 10.9. The standard InChI is InChI=1S/C22H22N6O/c23-22-18(20-9-14-1-2-17(29)7-15(14)10-25-20)8-16(11-26-22)19-12-27-28-21(19)13-3-5-24-6-4-13/h1-2,7-13,24,29H,3-6H2,(H2,23,26)(H,27,28). The number of nitrogen functional groups attached to an aromatic ring is 1. The molecule has 5 rings (SSSR count).